The summed E-state index contributed by atoms with van der Waals surface area (Å²) in [6.07, 6.45) is 4.35. The van der Waals surface area contributed by atoms with Crippen molar-refractivity contribution in [1.82, 2.24) is 4.90 Å². The Morgan fingerprint density at radius 2 is 1.94 bits per heavy atom. The van der Waals surface area contributed by atoms with Crippen molar-refractivity contribution in [2.24, 2.45) is 0 Å². The molecule has 1 aromatic carbocycles. The van der Waals surface area contributed by atoms with Crippen molar-refractivity contribution in [2.45, 2.75) is 24.0 Å². The fourth-order valence-electron chi connectivity index (χ4n) is 2.21. The molecule has 1 fully saturated rings. The first-order valence-corrected chi connectivity index (χ1v) is 8.04. The van der Waals surface area contributed by atoms with Crippen LogP contribution >= 0.6 is 23.4 Å². The number of alkyl halides is 1. The highest BCUT2D eigenvalue weighted by molar-refractivity contribution is 7.99. The molecule has 0 unspecified atom stereocenters. The van der Waals surface area contributed by atoms with Crippen molar-refractivity contribution in [2.75, 3.05) is 19.3 Å². The standard InChI is InChI=1S/C14H18ClNOS/c1-18-13-6-8-16(9-7-13)14(17)12-4-2-11(10-15)3-5-12/h2-5,13H,6-10H2,1H3. The maximum Gasteiger partial charge on any atom is 0.253 e. The van der Waals surface area contributed by atoms with Crippen LogP contribution in [0.1, 0.15) is 28.8 Å². The summed E-state index contributed by atoms with van der Waals surface area (Å²) < 4.78 is 0. The lowest BCUT2D eigenvalue weighted by Crippen LogP contribution is -2.39. The van der Waals surface area contributed by atoms with E-state index >= 15 is 0 Å². The molecule has 1 aliphatic heterocycles. The van der Waals surface area contributed by atoms with Gasteiger partial charge in [-0.05, 0) is 36.8 Å². The molecule has 4 heteroatoms. The Labute approximate surface area is 118 Å². The third-order valence-electron chi connectivity index (χ3n) is 3.42. The Morgan fingerprint density at radius 1 is 1.33 bits per heavy atom. The molecule has 0 spiro atoms. The molecule has 2 nitrogen and oxygen atoms in total. The van der Waals surface area contributed by atoms with E-state index in [9.17, 15) is 4.79 Å². The molecule has 1 saturated heterocycles. The van der Waals surface area contributed by atoms with Crippen LogP contribution in [0.2, 0.25) is 0 Å². The van der Waals surface area contributed by atoms with Gasteiger partial charge in [0.15, 0.2) is 0 Å². The van der Waals surface area contributed by atoms with Crippen LogP contribution in [0.5, 0.6) is 0 Å². The molecule has 1 amide bonds. The lowest BCUT2D eigenvalue weighted by molar-refractivity contribution is 0.0727. The van der Waals surface area contributed by atoms with E-state index in [2.05, 4.69) is 6.26 Å². The monoisotopic (exact) mass is 283 g/mol. The van der Waals surface area contributed by atoms with E-state index in [1.165, 1.54) is 0 Å². The summed E-state index contributed by atoms with van der Waals surface area (Å²) in [5.74, 6) is 0.642. The van der Waals surface area contributed by atoms with Crippen LogP contribution < -0.4 is 0 Å². The molecular weight excluding hydrogens is 266 g/mol. The highest BCUT2D eigenvalue weighted by Gasteiger charge is 2.22. The van der Waals surface area contributed by atoms with Crippen LogP contribution in [-0.2, 0) is 5.88 Å². The average Bonchev–Trinajstić information content (AvgIpc) is 2.47. The minimum absolute atomic E-state index is 0.149. The summed E-state index contributed by atoms with van der Waals surface area (Å²) in [5.41, 5.74) is 1.82. The molecule has 2 rings (SSSR count). The second-order valence-electron chi connectivity index (χ2n) is 4.56. The summed E-state index contributed by atoms with van der Waals surface area (Å²) in [6.45, 7) is 1.75. The highest BCUT2D eigenvalue weighted by Crippen LogP contribution is 2.22. The van der Waals surface area contributed by atoms with Gasteiger partial charge in [-0.1, -0.05) is 12.1 Å². The Bertz CT molecular complexity index is 399. The molecule has 0 radical (unpaired) electrons. The number of amides is 1. The van der Waals surface area contributed by atoms with Gasteiger partial charge in [0.25, 0.3) is 5.91 Å². The van der Waals surface area contributed by atoms with Crippen molar-refractivity contribution in [3.8, 4) is 0 Å². The highest BCUT2D eigenvalue weighted by atomic mass is 35.5. The van der Waals surface area contributed by atoms with Gasteiger partial charge in [-0.3, -0.25) is 4.79 Å². The van der Waals surface area contributed by atoms with Gasteiger partial charge in [0, 0.05) is 29.8 Å². The van der Waals surface area contributed by atoms with Crippen LogP contribution in [0.15, 0.2) is 24.3 Å². The van der Waals surface area contributed by atoms with Gasteiger partial charge in [-0.2, -0.15) is 11.8 Å². The fourth-order valence-corrected chi connectivity index (χ4v) is 3.07. The van der Waals surface area contributed by atoms with Gasteiger partial charge in [0.2, 0.25) is 0 Å². The topological polar surface area (TPSA) is 20.3 Å². The summed E-state index contributed by atoms with van der Waals surface area (Å²) >= 11 is 7.65. The van der Waals surface area contributed by atoms with Crippen molar-refractivity contribution < 1.29 is 4.79 Å². The first-order valence-electron chi connectivity index (χ1n) is 6.21. The number of hydrogen-bond acceptors (Lipinski definition) is 2. The number of nitrogens with zero attached hydrogens (tertiary/aromatic N) is 1. The average molecular weight is 284 g/mol. The Hall–Kier alpha value is -0.670. The van der Waals surface area contributed by atoms with Gasteiger partial charge in [-0.15, -0.1) is 11.6 Å². The zero-order valence-corrected chi connectivity index (χ0v) is 12.1. The molecule has 98 valence electrons. The number of halogens is 1. The Kier molecular flexibility index (Phi) is 4.95. The Balaban J connectivity index is 1.98. The van der Waals surface area contributed by atoms with E-state index in [1.807, 2.05) is 40.9 Å². The maximum atomic E-state index is 12.3. The van der Waals surface area contributed by atoms with Crippen molar-refractivity contribution >= 4 is 29.3 Å². The summed E-state index contributed by atoms with van der Waals surface area (Å²) in [6, 6.07) is 7.60. The summed E-state index contributed by atoms with van der Waals surface area (Å²) in [4.78, 5) is 14.2. The molecule has 0 atom stereocenters. The number of likely N-dealkylation sites (tertiary alicyclic amines) is 1. The third-order valence-corrected chi connectivity index (χ3v) is 4.86. The molecular formula is C14H18ClNOS. The smallest absolute Gasteiger partial charge is 0.253 e. The lowest BCUT2D eigenvalue weighted by Gasteiger charge is -2.31. The van der Waals surface area contributed by atoms with Crippen molar-refractivity contribution in [3.05, 3.63) is 35.4 Å². The van der Waals surface area contributed by atoms with Gasteiger partial charge < -0.3 is 4.90 Å². The normalized spacial score (nSPS) is 16.9. The van der Waals surface area contributed by atoms with Gasteiger partial charge in [-0.25, -0.2) is 0 Å². The van der Waals surface area contributed by atoms with E-state index in [4.69, 9.17) is 11.6 Å². The van der Waals surface area contributed by atoms with E-state index in [0.29, 0.717) is 11.1 Å². The molecule has 0 aliphatic carbocycles. The molecule has 1 aliphatic rings. The van der Waals surface area contributed by atoms with Crippen molar-refractivity contribution in [1.29, 1.82) is 0 Å². The number of piperidine rings is 1. The second kappa shape index (κ2) is 6.48. The Morgan fingerprint density at radius 3 is 2.44 bits per heavy atom. The molecule has 1 aromatic rings. The van der Waals surface area contributed by atoms with E-state index < -0.39 is 0 Å². The van der Waals surface area contributed by atoms with E-state index in [1.54, 1.807) is 0 Å². The summed E-state index contributed by atoms with van der Waals surface area (Å²) in [7, 11) is 0. The van der Waals surface area contributed by atoms with Crippen LogP contribution in [0.4, 0.5) is 0 Å². The predicted octanol–water partition coefficient (Wildman–Crippen LogP) is 3.39. The molecule has 0 aromatic heterocycles. The molecule has 0 bridgehead atoms. The molecule has 0 saturated carbocycles. The van der Waals surface area contributed by atoms with Crippen LogP contribution in [-0.4, -0.2) is 35.4 Å². The molecule has 0 N–H and O–H groups in total. The number of carbonyl (C=O) groups excluding carboxylic acids is 1. The lowest BCUT2D eigenvalue weighted by atomic mass is 10.1. The summed E-state index contributed by atoms with van der Waals surface area (Å²) in [5, 5.41) is 0.715. The zero-order chi connectivity index (χ0) is 13.0. The maximum absolute atomic E-state index is 12.3. The predicted molar refractivity (Wildman–Crippen MR) is 78.4 cm³/mol. The molecule has 18 heavy (non-hydrogen) atoms. The first kappa shape index (κ1) is 13.8. The number of benzene rings is 1. The first-order chi connectivity index (χ1) is 8.74. The van der Waals surface area contributed by atoms with Gasteiger partial charge in [0.05, 0.1) is 0 Å². The minimum atomic E-state index is 0.149. The fraction of sp³-hybridized carbons (Fsp3) is 0.500. The number of carbonyl (C=O) groups is 1. The number of thioether (sulfide) groups is 1. The number of hydrogen-bond donors (Lipinski definition) is 0. The minimum Gasteiger partial charge on any atom is -0.339 e. The van der Waals surface area contributed by atoms with E-state index in [-0.39, 0.29) is 5.91 Å². The van der Waals surface area contributed by atoms with Crippen LogP contribution in [0, 0.1) is 0 Å². The van der Waals surface area contributed by atoms with Gasteiger partial charge in [0.1, 0.15) is 0 Å². The van der Waals surface area contributed by atoms with Gasteiger partial charge >= 0.3 is 0 Å². The SMILES string of the molecule is CSC1CCN(C(=O)c2ccc(CCl)cc2)CC1. The third kappa shape index (κ3) is 3.21. The van der Waals surface area contributed by atoms with Crippen LogP contribution in [0.3, 0.4) is 0 Å². The van der Waals surface area contributed by atoms with E-state index in [0.717, 1.165) is 37.1 Å². The quantitative estimate of drug-likeness (QED) is 0.793. The van der Waals surface area contributed by atoms with Crippen molar-refractivity contribution in [3.63, 3.8) is 0 Å². The molecule has 1 heterocycles. The number of rotatable bonds is 3. The largest absolute Gasteiger partial charge is 0.339 e. The van der Waals surface area contributed by atoms with Crippen LogP contribution in [0.25, 0.3) is 0 Å². The zero-order valence-electron chi connectivity index (χ0n) is 10.6. The second-order valence-corrected chi connectivity index (χ2v) is 5.96.